The number of nitrogens with one attached hydrogen (secondary N) is 1. The lowest BCUT2D eigenvalue weighted by atomic mass is 10.1. The minimum atomic E-state index is 0.183. The number of oxazole rings is 1. The minimum Gasteiger partial charge on any atom is -0.444 e. The number of aliphatic hydroxyl groups excluding tert-OH is 1. The van der Waals surface area contributed by atoms with Gasteiger partial charge in [-0.3, -0.25) is 0 Å². The highest BCUT2D eigenvalue weighted by Gasteiger charge is 2.12. The van der Waals surface area contributed by atoms with Crippen LogP contribution in [0.3, 0.4) is 0 Å². The Hall–Kier alpha value is -1.65. The van der Waals surface area contributed by atoms with Gasteiger partial charge < -0.3 is 14.8 Å². The maximum atomic E-state index is 9.08. The molecule has 2 unspecified atom stereocenters. The monoisotopic (exact) mass is 260 g/mol. The van der Waals surface area contributed by atoms with Gasteiger partial charge >= 0.3 is 0 Å². The van der Waals surface area contributed by atoms with Gasteiger partial charge in [-0.1, -0.05) is 25.1 Å². The average Bonchev–Trinajstić information content (AvgIpc) is 2.93. The number of hydrogen-bond donors (Lipinski definition) is 2. The molecule has 2 aromatic rings. The van der Waals surface area contributed by atoms with Crippen LogP contribution in [0.4, 0.5) is 0 Å². The van der Waals surface area contributed by atoms with Crippen LogP contribution in [0.25, 0.3) is 11.5 Å². The molecule has 0 amide bonds. The lowest BCUT2D eigenvalue weighted by Crippen LogP contribution is -2.33. The summed E-state index contributed by atoms with van der Waals surface area (Å²) in [5.41, 5.74) is 1.85. The highest BCUT2D eigenvalue weighted by molar-refractivity contribution is 5.52. The van der Waals surface area contributed by atoms with Gasteiger partial charge in [0.2, 0.25) is 5.89 Å². The third kappa shape index (κ3) is 3.66. The van der Waals surface area contributed by atoms with E-state index >= 15 is 0 Å². The van der Waals surface area contributed by atoms with E-state index in [2.05, 4.69) is 17.2 Å². The fourth-order valence-electron chi connectivity index (χ4n) is 1.73. The van der Waals surface area contributed by atoms with E-state index in [4.69, 9.17) is 9.52 Å². The van der Waals surface area contributed by atoms with E-state index in [0.29, 0.717) is 12.4 Å². The molecule has 0 spiro atoms. The van der Waals surface area contributed by atoms with Crippen LogP contribution in [0.5, 0.6) is 0 Å². The molecule has 4 heteroatoms. The molecule has 2 N–H and O–H groups in total. The molecule has 0 saturated heterocycles. The number of rotatable bonds is 6. The van der Waals surface area contributed by atoms with Gasteiger partial charge in [-0.2, -0.15) is 0 Å². The molecule has 1 aromatic heterocycles. The van der Waals surface area contributed by atoms with Crippen LogP contribution in [0.1, 0.15) is 19.5 Å². The summed E-state index contributed by atoms with van der Waals surface area (Å²) in [6.07, 6.45) is 1.67. The van der Waals surface area contributed by atoms with Crippen molar-refractivity contribution in [1.29, 1.82) is 0 Å². The first-order valence-corrected chi connectivity index (χ1v) is 6.54. The largest absolute Gasteiger partial charge is 0.444 e. The van der Waals surface area contributed by atoms with Crippen LogP contribution in [-0.2, 0) is 6.54 Å². The van der Waals surface area contributed by atoms with Crippen molar-refractivity contribution >= 4 is 0 Å². The molecule has 0 aliphatic rings. The third-order valence-electron chi connectivity index (χ3n) is 3.32. The predicted molar refractivity (Wildman–Crippen MR) is 74.5 cm³/mol. The zero-order valence-electron chi connectivity index (χ0n) is 11.3. The van der Waals surface area contributed by atoms with Crippen LogP contribution in [0, 0.1) is 5.92 Å². The van der Waals surface area contributed by atoms with Crippen molar-refractivity contribution in [3.05, 3.63) is 42.3 Å². The first-order chi connectivity index (χ1) is 9.20. The predicted octanol–water partition coefficient (Wildman–Crippen LogP) is 2.45. The van der Waals surface area contributed by atoms with Crippen molar-refractivity contribution in [2.24, 2.45) is 5.92 Å². The molecule has 0 fully saturated rings. The molecule has 19 heavy (non-hydrogen) atoms. The molecular weight excluding hydrogens is 240 g/mol. The fraction of sp³-hybridized carbons (Fsp3) is 0.400. The Bertz CT molecular complexity index is 496. The molecule has 4 nitrogen and oxygen atoms in total. The van der Waals surface area contributed by atoms with Crippen LogP contribution >= 0.6 is 0 Å². The van der Waals surface area contributed by atoms with Crippen molar-refractivity contribution < 1.29 is 9.52 Å². The van der Waals surface area contributed by atoms with Gasteiger partial charge in [-0.25, -0.2) is 4.98 Å². The zero-order valence-corrected chi connectivity index (χ0v) is 11.3. The molecule has 1 aromatic carbocycles. The number of aromatic nitrogens is 1. The van der Waals surface area contributed by atoms with E-state index in [1.807, 2.05) is 37.3 Å². The molecule has 102 valence electrons. The van der Waals surface area contributed by atoms with Crippen molar-refractivity contribution in [3.8, 4) is 11.5 Å². The fourth-order valence-corrected chi connectivity index (χ4v) is 1.73. The Morgan fingerprint density at radius 2 is 2.00 bits per heavy atom. The third-order valence-corrected chi connectivity index (χ3v) is 3.32. The molecule has 2 atom stereocenters. The van der Waals surface area contributed by atoms with Crippen LogP contribution < -0.4 is 5.32 Å². The lowest BCUT2D eigenvalue weighted by molar-refractivity contribution is 0.207. The van der Waals surface area contributed by atoms with E-state index in [9.17, 15) is 0 Å². The van der Waals surface area contributed by atoms with E-state index in [1.54, 1.807) is 6.26 Å². The van der Waals surface area contributed by atoms with Crippen LogP contribution in [-0.4, -0.2) is 22.7 Å². The summed E-state index contributed by atoms with van der Waals surface area (Å²) in [5.74, 6) is 0.862. The summed E-state index contributed by atoms with van der Waals surface area (Å²) in [4.78, 5) is 4.45. The smallest absolute Gasteiger partial charge is 0.226 e. The van der Waals surface area contributed by atoms with Crippen LogP contribution in [0.15, 0.2) is 41.0 Å². The Balaban J connectivity index is 1.95. The Labute approximate surface area is 113 Å². The second-order valence-electron chi connectivity index (χ2n) is 4.84. The van der Waals surface area contributed by atoms with E-state index < -0.39 is 0 Å². The quantitative estimate of drug-likeness (QED) is 0.837. The van der Waals surface area contributed by atoms with Crippen molar-refractivity contribution in [3.63, 3.8) is 0 Å². The van der Waals surface area contributed by atoms with Gasteiger partial charge in [0.15, 0.2) is 0 Å². The second-order valence-corrected chi connectivity index (χ2v) is 4.84. The molecule has 2 rings (SSSR count). The second kappa shape index (κ2) is 6.50. The minimum absolute atomic E-state index is 0.183. The first kappa shape index (κ1) is 13.8. The summed E-state index contributed by atoms with van der Waals surface area (Å²) >= 11 is 0. The van der Waals surface area contributed by atoms with Gasteiger partial charge in [0.25, 0.3) is 0 Å². The maximum Gasteiger partial charge on any atom is 0.226 e. The van der Waals surface area contributed by atoms with Crippen molar-refractivity contribution in [2.75, 3.05) is 6.61 Å². The molecule has 0 radical (unpaired) electrons. The summed E-state index contributed by atoms with van der Waals surface area (Å²) in [7, 11) is 0. The highest BCUT2D eigenvalue weighted by atomic mass is 16.3. The maximum absolute atomic E-state index is 9.08. The van der Waals surface area contributed by atoms with Gasteiger partial charge in [0.1, 0.15) is 6.26 Å². The topological polar surface area (TPSA) is 58.3 Å². The molecule has 1 heterocycles. The van der Waals surface area contributed by atoms with E-state index in [-0.39, 0.29) is 18.6 Å². The molecule has 0 aliphatic heterocycles. The van der Waals surface area contributed by atoms with Gasteiger partial charge in [-0.15, -0.1) is 0 Å². The van der Waals surface area contributed by atoms with E-state index in [0.717, 1.165) is 11.3 Å². The summed E-state index contributed by atoms with van der Waals surface area (Å²) in [6.45, 7) is 4.89. The molecular formula is C15H20N2O2. The summed E-state index contributed by atoms with van der Waals surface area (Å²) in [6, 6.07) is 10.1. The van der Waals surface area contributed by atoms with Crippen LogP contribution in [0.2, 0.25) is 0 Å². The van der Waals surface area contributed by atoms with E-state index in [1.165, 1.54) is 0 Å². The standard InChI is InChI=1S/C15H20N2O2/c1-11(9-18)12(2)16-8-14-10-19-15(17-14)13-6-4-3-5-7-13/h3-7,10-12,16,18H,8-9H2,1-2H3. The average molecular weight is 260 g/mol. The lowest BCUT2D eigenvalue weighted by Gasteiger charge is -2.18. The number of benzene rings is 1. The number of hydrogen-bond acceptors (Lipinski definition) is 4. The Morgan fingerprint density at radius 3 is 2.68 bits per heavy atom. The molecule has 0 bridgehead atoms. The normalized spacial score (nSPS) is 14.3. The Morgan fingerprint density at radius 1 is 1.26 bits per heavy atom. The molecule has 0 aliphatic carbocycles. The summed E-state index contributed by atoms with van der Waals surface area (Å²) < 4.78 is 5.47. The highest BCUT2D eigenvalue weighted by Crippen LogP contribution is 2.17. The van der Waals surface area contributed by atoms with Gasteiger partial charge in [-0.05, 0) is 25.0 Å². The van der Waals surface area contributed by atoms with Gasteiger partial charge in [0, 0.05) is 24.8 Å². The van der Waals surface area contributed by atoms with Crippen molar-refractivity contribution in [2.45, 2.75) is 26.4 Å². The van der Waals surface area contributed by atoms with Gasteiger partial charge in [0.05, 0.1) is 5.69 Å². The number of aliphatic hydroxyl groups is 1. The molecule has 0 saturated carbocycles. The Kier molecular flexibility index (Phi) is 4.71. The SMILES string of the molecule is CC(CO)C(C)NCc1coc(-c2ccccc2)n1. The summed E-state index contributed by atoms with van der Waals surface area (Å²) in [5, 5.41) is 12.4. The first-order valence-electron chi connectivity index (χ1n) is 6.54. The zero-order chi connectivity index (χ0) is 13.7. The van der Waals surface area contributed by atoms with Crippen molar-refractivity contribution in [1.82, 2.24) is 10.3 Å². The number of nitrogens with zero attached hydrogens (tertiary/aromatic N) is 1.